The average Bonchev–Trinajstić information content (AvgIpc) is 2.82. The molecule has 0 radical (unpaired) electrons. The van der Waals surface area contributed by atoms with Gasteiger partial charge in [0.15, 0.2) is 0 Å². The summed E-state index contributed by atoms with van der Waals surface area (Å²) in [6.45, 7) is 3.87. The fraction of sp³-hybridized carbons (Fsp3) is 0.214. The van der Waals surface area contributed by atoms with Gasteiger partial charge in [-0.3, -0.25) is 0 Å². The molecule has 0 spiro atoms. The fourth-order valence-corrected chi connectivity index (χ4v) is 2.68. The van der Waals surface area contributed by atoms with Crippen molar-refractivity contribution < 1.29 is 4.52 Å². The zero-order valence-corrected chi connectivity index (χ0v) is 11.6. The van der Waals surface area contributed by atoms with Crippen molar-refractivity contribution in [2.75, 3.05) is 0 Å². The first kappa shape index (κ1) is 12.2. The summed E-state index contributed by atoms with van der Waals surface area (Å²) in [4.78, 5) is 9.20. The molecule has 2 aromatic heterocycles. The predicted molar refractivity (Wildman–Crippen MR) is 75.1 cm³/mol. The van der Waals surface area contributed by atoms with E-state index < -0.39 is 0 Å². The lowest BCUT2D eigenvalue weighted by Gasteiger charge is -2.04. The number of aryl methyl sites for hydroxylation is 2. The number of aromatic nitrogens is 3. The third-order valence-electron chi connectivity index (χ3n) is 2.73. The molecule has 3 rings (SSSR count). The Kier molecular flexibility index (Phi) is 3.21. The van der Waals surface area contributed by atoms with Crippen molar-refractivity contribution in [2.24, 2.45) is 0 Å². The first-order chi connectivity index (χ1) is 9.22. The molecule has 0 amide bonds. The highest BCUT2D eigenvalue weighted by atomic mass is 32.2. The molecule has 19 heavy (non-hydrogen) atoms. The Labute approximate surface area is 115 Å². The molecule has 0 aliphatic heterocycles. The topological polar surface area (TPSA) is 51.8 Å². The highest BCUT2D eigenvalue weighted by Gasteiger charge is 2.07. The third kappa shape index (κ3) is 2.61. The molecule has 0 atom stereocenters. The highest BCUT2D eigenvalue weighted by molar-refractivity contribution is 7.98. The van der Waals surface area contributed by atoms with Gasteiger partial charge in [-0.05, 0) is 26.0 Å². The number of benzene rings is 1. The summed E-state index contributed by atoms with van der Waals surface area (Å²) in [5, 5.41) is 4.92. The summed E-state index contributed by atoms with van der Waals surface area (Å²) in [7, 11) is 0. The van der Waals surface area contributed by atoms with Crippen LogP contribution in [0.1, 0.15) is 17.1 Å². The molecule has 3 aromatic rings. The van der Waals surface area contributed by atoms with Gasteiger partial charge >= 0.3 is 0 Å². The van der Waals surface area contributed by atoms with Crippen molar-refractivity contribution in [2.45, 2.75) is 24.6 Å². The van der Waals surface area contributed by atoms with Gasteiger partial charge in [0, 0.05) is 11.8 Å². The first-order valence-corrected chi connectivity index (χ1v) is 6.99. The smallest absolute Gasteiger partial charge is 0.133 e. The Morgan fingerprint density at radius 3 is 2.53 bits per heavy atom. The van der Waals surface area contributed by atoms with Crippen LogP contribution >= 0.6 is 11.8 Å². The minimum atomic E-state index is 0.741. The number of rotatable bonds is 3. The van der Waals surface area contributed by atoms with E-state index in [4.69, 9.17) is 4.52 Å². The fourth-order valence-electron chi connectivity index (χ4n) is 1.84. The van der Waals surface area contributed by atoms with Crippen molar-refractivity contribution >= 4 is 22.8 Å². The third-order valence-corrected chi connectivity index (χ3v) is 3.84. The van der Waals surface area contributed by atoms with Crippen molar-refractivity contribution in [1.82, 2.24) is 15.1 Å². The van der Waals surface area contributed by atoms with E-state index in [9.17, 15) is 0 Å². The largest absolute Gasteiger partial charge is 0.361 e. The standard InChI is InChI=1S/C14H13N3OS/c1-9-7-11(17-18-9)8-19-14-10(2)15-12-5-3-4-6-13(12)16-14/h3-7H,8H2,1-2H3. The van der Waals surface area contributed by atoms with Gasteiger partial charge in [0.25, 0.3) is 0 Å². The maximum atomic E-state index is 5.05. The highest BCUT2D eigenvalue weighted by Crippen LogP contribution is 2.25. The van der Waals surface area contributed by atoms with E-state index in [1.54, 1.807) is 11.8 Å². The zero-order chi connectivity index (χ0) is 13.2. The molecule has 4 nitrogen and oxygen atoms in total. The minimum Gasteiger partial charge on any atom is -0.361 e. The molecule has 0 fully saturated rings. The number of thioether (sulfide) groups is 1. The number of hydrogen-bond acceptors (Lipinski definition) is 5. The van der Waals surface area contributed by atoms with E-state index in [0.29, 0.717) is 0 Å². The second kappa shape index (κ2) is 5.01. The number of hydrogen-bond donors (Lipinski definition) is 0. The summed E-state index contributed by atoms with van der Waals surface area (Å²) in [6, 6.07) is 9.84. The van der Waals surface area contributed by atoms with E-state index in [1.807, 2.05) is 44.2 Å². The number of para-hydroxylation sites is 2. The van der Waals surface area contributed by atoms with Crippen LogP contribution in [0.25, 0.3) is 11.0 Å². The van der Waals surface area contributed by atoms with Gasteiger partial charge in [-0.15, -0.1) is 0 Å². The summed E-state index contributed by atoms with van der Waals surface area (Å²) < 4.78 is 5.05. The lowest BCUT2D eigenvalue weighted by Crippen LogP contribution is -1.93. The van der Waals surface area contributed by atoms with Crippen molar-refractivity contribution in [1.29, 1.82) is 0 Å². The van der Waals surface area contributed by atoms with Gasteiger partial charge in [0.2, 0.25) is 0 Å². The molecule has 0 saturated heterocycles. The molecular weight excluding hydrogens is 258 g/mol. The minimum absolute atomic E-state index is 0.741. The van der Waals surface area contributed by atoms with Crippen LogP contribution in [0.3, 0.4) is 0 Å². The second-order valence-corrected chi connectivity index (χ2v) is 5.28. The van der Waals surface area contributed by atoms with E-state index in [-0.39, 0.29) is 0 Å². The maximum absolute atomic E-state index is 5.05. The van der Waals surface area contributed by atoms with Crippen LogP contribution in [0.2, 0.25) is 0 Å². The Morgan fingerprint density at radius 2 is 1.84 bits per heavy atom. The van der Waals surface area contributed by atoms with Crippen LogP contribution in [0, 0.1) is 13.8 Å². The van der Waals surface area contributed by atoms with Crippen molar-refractivity contribution in [3.05, 3.63) is 47.5 Å². The molecule has 0 aliphatic rings. The van der Waals surface area contributed by atoms with E-state index in [0.717, 1.165) is 39.0 Å². The van der Waals surface area contributed by atoms with Crippen LogP contribution in [-0.2, 0) is 5.75 Å². The van der Waals surface area contributed by atoms with Crippen LogP contribution in [0.15, 0.2) is 39.9 Å². The van der Waals surface area contributed by atoms with Crippen molar-refractivity contribution in [3.63, 3.8) is 0 Å². The summed E-state index contributed by atoms with van der Waals surface area (Å²) >= 11 is 1.63. The SMILES string of the molecule is Cc1cc(CSc2nc3ccccc3nc2C)no1. The van der Waals surface area contributed by atoms with Gasteiger partial charge in [-0.2, -0.15) is 0 Å². The first-order valence-electron chi connectivity index (χ1n) is 6.01. The molecular formula is C14H13N3OS. The average molecular weight is 271 g/mol. The van der Waals surface area contributed by atoms with Crippen LogP contribution < -0.4 is 0 Å². The molecule has 5 heteroatoms. The molecule has 0 aliphatic carbocycles. The van der Waals surface area contributed by atoms with Gasteiger partial charge in [-0.1, -0.05) is 29.1 Å². The molecule has 0 bridgehead atoms. The van der Waals surface area contributed by atoms with Gasteiger partial charge in [0.05, 0.1) is 22.4 Å². The predicted octanol–water partition coefficient (Wildman–Crippen LogP) is 3.53. The molecule has 2 heterocycles. The number of fused-ring (bicyclic) bond motifs is 1. The summed E-state index contributed by atoms with van der Waals surface area (Å²) in [5.74, 6) is 1.57. The Morgan fingerprint density at radius 1 is 1.11 bits per heavy atom. The molecule has 1 aromatic carbocycles. The molecule has 0 unspecified atom stereocenters. The van der Waals surface area contributed by atoms with Crippen LogP contribution in [0.4, 0.5) is 0 Å². The van der Waals surface area contributed by atoms with Crippen LogP contribution in [-0.4, -0.2) is 15.1 Å². The summed E-state index contributed by atoms with van der Waals surface area (Å²) in [6.07, 6.45) is 0. The Balaban J connectivity index is 1.86. The van der Waals surface area contributed by atoms with Crippen LogP contribution in [0.5, 0.6) is 0 Å². The maximum Gasteiger partial charge on any atom is 0.133 e. The normalized spacial score (nSPS) is 11.1. The lowest BCUT2D eigenvalue weighted by molar-refractivity contribution is 0.393. The molecule has 0 N–H and O–H groups in total. The van der Waals surface area contributed by atoms with E-state index in [1.165, 1.54) is 0 Å². The Bertz CT molecular complexity index is 724. The molecule has 96 valence electrons. The monoisotopic (exact) mass is 271 g/mol. The van der Waals surface area contributed by atoms with Crippen molar-refractivity contribution in [3.8, 4) is 0 Å². The second-order valence-electron chi connectivity index (χ2n) is 4.32. The quantitative estimate of drug-likeness (QED) is 0.682. The zero-order valence-electron chi connectivity index (χ0n) is 10.8. The number of nitrogens with zero attached hydrogens (tertiary/aromatic N) is 3. The lowest BCUT2D eigenvalue weighted by atomic mass is 10.3. The Hall–Kier alpha value is -1.88. The molecule has 0 saturated carbocycles. The van der Waals surface area contributed by atoms with Gasteiger partial charge < -0.3 is 4.52 Å². The van der Waals surface area contributed by atoms with E-state index >= 15 is 0 Å². The van der Waals surface area contributed by atoms with Gasteiger partial charge in [0.1, 0.15) is 10.8 Å². The van der Waals surface area contributed by atoms with Gasteiger partial charge in [-0.25, -0.2) is 9.97 Å². The summed E-state index contributed by atoms with van der Waals surface area (Å²) in [5.41, 5.74) is 3.73. The van der Waals surface area contributed by atoms with E-state index in [2.05, 4.69) is 15.1 Å².